The lowest BCUT2D eigenvalue weighted by molar-refractivity contribution is 0.0234. The molecule has 1 aromatic carbocycles. The van der Waals surface area contributed by atoms with Gasteiger partial charge in [-0.25, -0.2) is 0 Å². The molecule has 1 unspecified atom stereocenters. The number of fused-ring (bicyclic) bond motifs is 1. The van der Waals surface area contributed by atoms with Crippen LogP contribution in [0.25, 0.3) is 0 Å². The van der Waals surface area contributed by atoms with Crippen LogP contribution in [0.4, 0.5) is 0 Å². The molecule has 1 aliphatic heterocycles. The zero-order valence-corrected chi connectivity index (χ0v) is 14.5. The molecule has 124 valence electrons. The number of rotatable bonds is 7. The van der Waals surface area contributed by atoms with Crippen molar-refractivity contribution in [2.24, 2.45) is 0 Å². The van der Waals surface area contributed by atoms with Gasteiger partial charge < -0.3 is 19.5 Å². The van der Waals surface area contributed by atoms with Gasteiger partial charge in [-0.05, 0) is 39.8 Å². The molecule has 0 aromatic heterocycles. The lowest BCUT2D eigenvalue weighted by Crippen LogP contribution is -2.42. The number of hydrogen-bond donors (Lipinski definition) is 1. The predicted octanol–water partition coefficient (Wildman–Crippen LogP) is 4.09. The summed E-state index contributed by atoms with van der Waals surface area (Å²) >= 11 is 0. The first-order chi connectivity index (χ1) is 10.6. The standard InChI is InChI=1S/C18H29NO3/c1-6-18(7-2)12-14(19-5)13-10-16(20-8-3)17(21-9-4)11-15(13)22-18/h10-11,14,19H,6-9,12H2,1-5H3. The fraction of sp³-hybridized carbons (Fsp3) is 0.667. The van der Waals surface area contributed by atoms with Gasteiger partial charge in [0.25, 0.3) is 0 Å². The van der Waals surface area contributed by atoms with E-state index in [1.165, 1.54) is 0 Å². The van der Waals surface area contributed by atoms with Crippen molar-refractivity contribution in [3.63, 3.8) is 0 Å². The summed E-state index contributed by atoms with van der Waals surface area (Å²) in [7, 11) is 2.01. The Hall–Kier alpha value is -1.42. The summed E-state index contributed by atoms with van der Waals surface area (Å²) in [4.78, 5) is 0. The molecule has 1 atom stereocenters. The summed E-state index contributed by atoms with van der Waals surface area (Å²) in [5, 5.41) is 3.43. The highest BCUT2D eigenvalue weighted by Crippen LogP contribution is 2.47. The molecule has 0 radical (unpaired) electrons. The molecule has 0 saturated heterocycles. The van der Waals surface area contributed by atoms with Gasteiger partial charge in [0.15, 0.2) is 11.5 Å². The Balaban J connectivity index is 2.47. The Morgan fingerprint density at radius 3 is 2.18 bits per heavy atom. The van der Waals surface area contributed by atoms with E-state index in [4.69, 9.17) is 14.2 Å². The van der Waals surface area contributed by atoms with Crippen LogP contribution in [0.3, 0.4) is 0 Å². The molecule has 1 aliphatic rings. The normalized spacial score (nSPS) is 19.2. The third-order valence-electron chi connectivity index (χ3n) is 4.59. The quantitative estimate of drug-likeness (QED) is 0.823. The fourth-order valence-corrected chi connectivity index (χ4v) is 3.15. The minimum atomic E-state index is -0.0999. The summed E-state index contributed by atoms with van der Waals surface area (Å²) in [6, 6.07) is 4.34. The summed E-state index contributed by atoms with van der Waals surface area (Å²) in [5.41, 5.74) is 1.06. The van der Waals surface area contributed by atoms with Gasteiger partial charge in [-0.2, -0.15) is 0 Å². The highest BCUT2D eigenvalue weighted by atomic mass is 16.5. The van der Waals surface area contributed by atoms with E-state index >= 15 is 0 Å². The molecule has 2 rings (SSSR count). The van der Waals surface area contributed by atoms with E-state index in [0.29, 0.717) is 13.2 Å². The topological polar surface area (TPSA) is 39.7 Å². The van der Waals surface area contributed by atoms with Crippen LogP contribution in [0, 0.1) is 0 Å². The van der Waals surface area contributed by atoms with Gasteiger partial charge in [0, 0.05) is 24.1 Å². The van der Waals surface area contributed by atoms with Gasteiger partial charge in [-0.1, -0.05) is 13.8 Å². The molecular weight excluding hydrogens is 278 g/mol. The first-order valence-electron chi connectivity index (χ1n) is 8.42. The molecule has 22 heavy (non-hydrogen) atoms. The minimum absolute atomic E-state index is 0.0999. The molecule has 0 fully saturated rings. The van der Waals surface area contributed by atoms with E-state index in [2.05, 4.69) is 25.2 Å². The van der Waals surface area contributed by atoms with Crippen molar-refractivity contribution in [3.8, 4) is 17.2 Å². The Kier molecular flexibility index (Phi) is 5.57. The first-order valence-corrected chi connectivity index (χ1v) is 8.42. The van der Waals surface area contributed by atoms with Crippen molar-refractivity contribution in [3.05, 3.63) is 17.7 Å². The maximum atomic E-state index is 6.39. The summed E-state index contributed by atoms with van der Waals surface area (Å²) in [6.07, 6.45) is 2.97. The molecule has 1 aromatic rings. The molecular formula is C18H29NO3. The van der Waals surface area contributed by atoms with Crippen LogP contribution < -0.4 is 19.5 Å². The minimum Gasteiger partial charge on any atom is -0.490 e. The molecule has 0 spiro atoms. The SMILES string of the molecule is CCOc1cc2c(cc1OCC)C(NC)CC(CC)(CC)O2. The highest BCUT2D eigenvalue weighted by Gasteiger charge is 2.38. The Bertz CT molecular complexity index is 497. The van der Waals surface area contributed by atoms with E-state index in [9.17, 15) is 0 Å². The number of benzene rings is 1. The molecule has 0 saturated carbocycles. The fourth-order valence-electron chi connectivity index (χ4n) is 3.15. The van der Waals surface area contributed by atoms with Crippen LogP contribution in [-0.2, 0) is 0 Å². The lowest BCUT2D eigenvalue weighted by Gasteiger charge is -2.41. The zero-order chi connectivity index (χ0) is 16.2. The van der Waals surface area contributed by atoms with Gasteiger partial charge in [0.2, 0.25) is 0 Å². The van der Waals surface area contributed by atoms with Gasteiger partial charge in [-0.3, -0.25) is 0 Å². The second kappa shape index (κ2) is 7.23. The smallest absolute Gasteiger partial charge is 0.164 e. The van der Waals surface area contributed by atoms with Crippen molar-refractivity contribution in [1.29, 1.82) is 0 Å². The number of ether oxygens (including phenoxy) is 3. The Labute approximate surface area is 134 Å². The molecule has 0 aliphatic carbocycles. The lowest BCUT2D eigenvalue weighted by atomic mass is 9.83. The van der Waals surface area contributed by atoms with Crippen molar-refractivity contribution in [2.75, 3.05) is 20.3 Å². The third-order valence-corrected chi connectivity index (χ3v) is 4.59. The second-order valence-corrected chi connectivity index (χ2v) is 5.74. The maximum absolute atomic E-state index is 6.39. The summed E-state index contributed by atoms with van der Waals surface area (Å²) < 4.78 is 17.9. The van der Waals surface area contributed by atoms with Crippen molar-refractivity contribution in [2.45, 2.75) is 58.6 Å². The molecule has 4 heteroatoms. The average Bonchev–Trinajstić information content (AvgIpc) is 2.55. The van der Waals surface area contributed by atoms with Gasteiger partial charge >= 0.3 is 0 Å². The number of hydrogen-bond acceptors (Lipinski definition) is 4. The van der Waals surface area contributed by atoms with E-state index < -0.39 is 0 Å². The maximum Gasteiger partial charge on any atom is 0.164 e. The van der Waals surface area contributed by atoms with Gasteiger partial charge in [-0.15, -0.1) is 0 Å². The van der Waals surface area contributed by atoms with Crippen LogP contribution in [-0.4, -0.2) is 25.9 Å². The molecule has 0 amide bonds. The summed E-state index contributed by atoms with van der Waals surface area (Å²) in [5.74, 6) is 2.48. The zero-order valence-electron chi connectivity index (χ0n) is 14.5. The highest BCUT2D eigenvalue weighted by molar-refractivity contribution is 5.53. The second-order valence-electron chi connectivity index (χ2n) is 5.74. The van der Waals surface area contributed by atoms with Crippen LogP contribution in [0.15, 0.2) is 12.1 Å². The van der Waals surface area contributed by atoms with Gasteiger partial charge in [0.1, 0.15) is 11.4 Å². The first kappa shape index (κ1) is 16.9. The molecule has 1 heterocycles. The third kappa shape index (κ3) is 3.17. The van der Waals surface area contributed by atoms with E-state index in [1.807, 2.05) is 27.0 Å². The van der Waals surface area contributed by atoms with Crippen molar-refractivity contribution in [1.82, 2.24) is 5.32 Å². The van der Waals surface area contributed by atoms with Gasteiger partial charge in [0.05, 0.1) is 13.2 Å². The predicted molar refractivity (Wildman–Crippen MR) is 89.1 cm³/mol. The van der Waals surface area contributed by atoms with Crippen molar-refractivity contribution >= 4 is 0 Å². The van der Waals surface area contributed by atoms with E-state index in [-0.39, 0.29) is 11.6 Å². The molecule has 0 bridgehead atoms. The molecule has 4 nitrogen and oxygen atoms in total. The summed E-state index contributed by atoms with van der Waals surface area (Å²) in [6.45, 7) is 9.59. The largest absolute Gasteiger partial charge is 0.490 e. The van der Waals surface area contributed by atoms with Crippen LogP contribution in [0.5, 0.6) is 17.2 Å². The van der Waals surface area contributed by atoms with Crippen LogP contribution >= 0.6 is 0 Å². The van der Waals surface area contributed by atoms with Crippen LogP contribution in [0.2, 0.25) is 0 Å². The average molecular weight is 307 g/mol. The Morgan fingerprint density at radius 1 is 1.09 bits per heavy atom. The molecule has 1 N–H and O–H groups in total. The number of nitrogens with one attached hydrogen (secondary N) is 1. The Morgan fingerprint density at radius 2 is 1.68 bits per heavy atom. The van der Waals surface area contributed by atoms with Crippen molar-refractivity contribution < 1.29 is 14.2 Å². The van der Waals surface area contributed by atoms with Crippen LogP contribution in [0.1, 0.15) is 58.6 Å². The monoisotopic (exact) mass is 307 g/mol. The van der Waals surface area contributed by atoms with E-state index in [0.717, 1.165) is 42.1 Å². The van der Waals surface area contributed by atoms with E-state index in [1.54, 1.807) is 0 Å².